The third-order valence-electron chi connectivity index (χ3n) is 3.16. The van der Waals surface area contributed by atoms with Crippen molar-refractivity contribution in [2.75, 3.05) is 0 Å². The van der Waals surface area contributed by atoms with E-state index in [-0.39, 0.29) is 11.5 Å². The van der Waals surface area contributed by atoms with Gasteiger partial charge in [-0.15, -0.1) is 0 Å². The fraction of sp³-hybridized carbons (Fsp3) is 1.00. The molecule has 1 N–H and O–H groups in total. The van der Waals surface area contributed by atoms with Gasteiger partial charge in [0.2, 0.25) is 0 Å². The van der Waals surface area contributed by atoms with Crippen molar-refractivity contribution in [3.05, 3.63) is 0 Å². The summed E-state index contributed by atoms with van der Waals surface area (Å²) in [5.74, 6) is 0.668. The molecule has 66 valence electrons. The zero-order valence-corrected chi connectivity index (χ0v) is 9.06. The minimum atomic E-state index is -0.174. The lowest BCUT2D eigenvalue weighted by atomic mass is 9.79. The molecule has 3 atom stereocenters. The topological polar surface area (TPSA) is 20.2 Å². The Morgan fingerprint density at radius 2 is 2.09 bits per heavy atom. The van der Waals surface area contributed by atoms with Gasteiger partial charge in [-0.1, -0.05) is 43.1 Å². The smallest absolute Gasteiger partial charge is 0.0718 e. The molecular weight excluding hydrogens is 204 g/mol. The first-order chi connectivity index (χ1) is 5.00. The van der Waals surface area contributed by atoms with E-state index in [1.807, 2.05) is 0 Å². The molecule has 0 bridgehead atoms. The van der Waals surface area contributed by atoms with Crippen molar-refractivity contribution in [3.63, 3.8) is 0 Å². The highest BCUT2D eigenvalue weighted by atomic mass is 79.9. The van der Waals surface area contributed by atoms with Gasteiger partial charge in [0.25, 0.3) is 0 Å². The van der Waals surface area contributed by atoms with Crippen LogP contribution in [0.2, 0.25) is 0 Å². The van der Waals surface area contributed by atoms with E-state index in [4.69, 9.17) is 0 Å². The predicted octanol–water partition coefficient (Wildman–Crippen LogP) is 2.57. The van der Waals surface area contributed by atoms with E-state index >= 15 is 0 Å². The minimum Gasteiger partial charge on any atom is -0.391 e. The van der Waals surface area contributed by atoms with Crippen LogP contribution in [0.1, 0.15) is 33.6 Å². The molecule has 11 heavy (non-hydrogen) atoms. The molecule has 1 aliphatic rings. The molecule has 0 aromatic rings. The second-order valence-electron chi connectivity index (χ2n) is 4.12. The first-order valence-corrected chi connectivity index (χ1v) is 5.23. The molecule has 0 aromatic heterocycles. The van der Waals surface area contributed by atoms with Gasteiger partial charge in [0, 0.05) is 4.83 Å². The van der Waals surface area contributed by atoms with Gasteiger partial charge in [0.05, 0.1) is 6.10 Å². The summed E-state index contributed by atoms with van der Waals surface area (Å²) in [5.41, 5.74) is 0.100. The molecule has 0 saturated heterocycles. The third kappa shape index (κ3) is 1.48. The van der Waals surface area contributed by atoms with E-state index in [9.17, 15) is 5.11 Å². The maximum Gasteiger partial charge on any atom is 0.0718 e. The fourth-order valence-corrected chi connectivity index (χ4v) is 3.24. The second-order valence-corrected chi connectivity index (χ2v) is 5.30. The van der Waals surface area contributed by atoms with Crippen LogP contribution in [-0.2, 0) is 0 Å². The number of alkyl halides is 1. The summed E-state index contributed by atoms with van der Waals surface area (Å²) in [6.45, 7) is 6.52. The highest BCUT2D eigenvalue weighted by Gasteiger charge is 2.46. The molecule has 0 heterocycles. The Bertz CT molecular complexity index is 144. The number of aliphatic hydroxyl groups excluding tert-OH is 1. The Morgan fingerprint density at radius 3 is 2.27 bits per heavy atom. The molecule has 1 nitrogen and oxygen atoms in total. The average Bonchev–Trinajstić information content (AvgIpc) is 2.13. The zero-order chi connectivity index (χ0) is 8.65. The van der Waals surface area contributed by atoms with Crippen LogP contribution in [0.15, 0.2) is 0 Å². The quantitative estimate of drug-likeness (QED) is 0.674. The summed E-state index contributed by atoms with van der Waals surface area (Å²) in [4.78, 5) is 0.308. The summed E-state index contributed by atoms with van der Waals surface area (Å²) in [6, 6.07) is 0. The van der Waals surface area contributed by atoms with E-state index in [1.165, 1.54) is 6.42 Å². The molecule has 2 heteroatoms. The monoisotopic (exact) mass is 220 g/mol. The second kappa shape index (κ2) is 3.06. The van der Waals surface area contributed by atoms with Crippen LogP contribution in [0.25, 0.3) is 0 Å². The molecule has 0 radical (unpaired) electrons. The van der Waals surface area contributed by atoms with Crippen molar-refractivity contribution >= 4 is 15.9 Å². The summed E-state index contributed by atoms with van der Waals surface area (Å²) >= 11 is 3.51. The van der Waals surface area contributed by atoms with E-state index < -0.39 is 0 Å². The number of aliphatic hydroxyl groups is 1. The SMILES string of the molecule is CCC1C[C@H](Br)[C@H](O)C1(C)C. The molecule has 0 spiro atoms. The molecule has 0 amide bonds. The van der Waals surface area contributed by atoms with Crippen LogP contribution in [0.4, 0.5) is 0 Å². The molecule has 1 fully saturated rings. The van der Waals surface area contributed by atoms with E-state index in [1.54, 1.807) is 0 Å². The zero-order valence-electron chi connectivity index (χ0n) is 7.47. The molecule has 1 rings (SSSR count). The number of hydrogen-bond donors (Lipinski definition) is 1. The number of hydrogen-bond acceptors (Lipinski definition) is 1. The standard InChI is InChI=1S/C9H17BrO/c1-4-6-5-7(10)8(11)9(6,2)3/h6-8,11H,4-5H2,1-3H3/t6?,7-,8-/m0/s1. The Balaban J connectivity index is 2.74. The molecule has 0 aliphatic heterocycles. The van der Waals surface area contributed by atoms with Crippen LogP contribution in [-0.4, -0.2) is 16.0 Å². The van der Waals surface area contributed by atoms with Gasteiger partial charge in [-0.3, -0.25) is 0 Å². The molecule has 1 unspecified atom stereocenters. The highest BCUT2D eigenvalue weighted by Crippen LogP contribution is 2.47. The van der Waals surface area contributed by atoms with Crippen molar-refractivity contribution < 1.29 is 5.11 Å². The van der Waals surface area contributed by atoms with Gasteiger partial charge in [-0.25, -0.2) is 0 Å². The first kappa shape index (κ1) is 9.53. The van der Waals surface area contributed by atoms with Crippen molar-refractivity contribution in [2.45, 2.75) is 44.5 Å². The van der Waals surface area contributed by atoms with Gasteiger partial charge in [-0.2, -0.15) is 0 Å². The average molecular weight is 221 g/mol. The van der Waals surface area contributed by atoms with Crippen LogP contribution in [0, 0.1) is 11.3 Å². The summed E-state index contributed by atoms with van der Waals surface area (Å²) < 4.78 is 0. The highest BCUT2D eigenvalue weighted by molar-refractivity contribution is 9.09. The lowest BCUT2D eigenvalue weighted by Gasteiger charge is -2.29. The van der Waals surface area contributed by atoms with Crippen molar-refractivity contribution in [1.29, 1.82) is 0 Å². The van der Waals surface area contributed by atoms with E-state index in [0.717, 1.165) is 6.42 Å². The van der Waals surface area contributed by atoms with Gasteiger partial charge >= 0.3 is 0 Å². The van der Waals surface area contributed by atoms with Gasteiger partial charge in [0.1, 0.15) is 0 Å². The summed E-state index contributed by atoms with van der Waals surface area (Å²) in [6.07, 6.45) is 2.11. The van der Waals surface area contributed by atoms with Crippen molar-refractivity contribution in [1.82, 2.24) is 0 Å². The Morgan fingerprint density at radius 1 is 1.55 bits per heavy atom. The lowest BCUT2D eigenvalue weighted by molar-refractivity contribution is 0.0566. The fourth-order valence-electron chi connectivity index (χ4n) is 2.10. The number of rotatable bonds is 1. The molecular formula is C9H17BrO. The maximum atomic E-state index is 9.78. The number of halogens is 1. The first-order valence-electron chi connectivity index (χ1n) is 4.32. The third-order valence-corrected chi connectivity index (χ3v) is 4.03. The lowest BCUT2D eigenvalue weighted by Crippen LogP contribution is -2.31. The largest absolute Gasteiger partial charge is 0.391 e. The summed E-state index contributed by atoms with van der Waals surface area (Å²) in [5, 5.41) is 9.78. The van der Waals surface area contributed by atoms with Crippen LogP contribution >= 0.6 is 15.9 Å². The van der Waals surface area contributed by atoms with Crippen molar-refractivity contribution in [2.24, 2.45) is 11.3 Å². The Labute approximate surface area is 77.3 Å². The Hall–Kier alpha value is 0.440. The normalized spacial score (nSPS) is 42.8. The summed E-state index contributed by atoms with van der Waals surface area (Å²) in [7, 11) is 0. The van der Waals surface area contributed by atoms with Crippen molar-refractivity contribution in [3.8, 4) is 0 Å². The predicted molar refractivity (Wildman–Crippen MR) is 50.9 cm³/mol. The van der Waals surface area contributed by atoms with Crippen LogP contribution in [0.3, 0.4) is 0 Å². The van der Waals surface area contributed by atoms with Gasteiger partial charge < -0.3 is 5.11 Å². The molecule has 1 saturated carbocycles. The Kier molecular flexibility index (Phi) is 2.65. The van der Waals surface area contributed by atoms with Crippen LogP contribution in [0.5, 0.6) is 0 Å². The minimum absolute atomic E-state index is 0.100. The molecule has 0 aromatic carbocycles. The van der Waals surface area contributed by atoms with E-state index in [0.29, 0.717) is 10.7 Å². The van der Waals surface area contributed by atoms with Gasteiger partial charge in [-0.05, 0) is 17.8 Å². The van der Waals surface area contributed by atoms with Gasteiger partial charge in [0.15, 0.2) is 0 Å². The molecule has 1 aliphatic carbocycles. The van der Waals surface area contributed by atoms with Crippen LogP contribution < -0.4 is 0 Å². The maximum absolute atomic E-state index is 9.78. The van der Waals surface area contributed by atoms with E-state index in [2.05, 4.69) is 36.7 Å².